The van der Waals surface area contributed by atoms with Gasteiger partial charge in [0.1, 0.15) is 0 Å². The fraction of sp³-hybridized carbons (Fsp3) is 0.222. The maximum atomic E-state index is 12.7. The smallest absolute Gasteiger partial charge is 0.338 e. The van der Waals surface area contributed by atoms with E-state index < -0.39 is 16.0 Å². The molecule has 0 aromatic heterocycles. The lowest BCUT2D eigenvalue weighted by molar-refractivity contribution is 0.0526. The standard InChI is InChI=1S/C18H19ClN2O5S/c1-4-26-18(23)12-5-8-14(9-6-12)27(24,25)20-16-11-13(19)7-10-15(16)17(22)21(2)3/h5-11,20H,4H2,1-3H3. The summed E-state index contributed by atoms with van der Waals surface area (Å²) in [5.41, 5.74) is 0.466. The molecule has 0 unspecified atom stereocenters. The van der Waals surface area contributed by atoms with Crippen LogP contribution in [0, 0.1) is 0 Å². The highest BCUT2D eigenvalue weighted by Crippen LogP contribution is 2.25. The highest BCUT2D eigenvalue weighted by Gasteiger charge is 2.20. The molecule has 0 fully saturated rings. The van der Waals surface area contributed by atoms with Gasteiger partial charge in [-0.2, -0.15) is 0 Å². The number of anilines is 1. The van der Waals surface area contributed by atoms with Gasteiger partial charge in [0.25, 0.3) is 15.9 Å². The Morgan fingerprint density at radius 3 is 2.30 bits per heavy atom. The third-order valence-electron chi connectivity index (χ3n) is 3.54. The molecule has 0 aliphatic rings. The maximum absolute atomic E-state index is 12.7. The number of rotatable bonds is 6. The summed E-state index contributed by atoms with van der Waals surface area (Å²) in [6.07, 6.45) is 0. The predicted octanol–water partition coefficient (Wildman–Crippen LogP) is 3.02. The molecule has 1 N–H and O–H groups in total. The van der Waals surface area contributed by atoms with Gasteiger partial charge in [0.15, 0.2) is 0 Å². The highest BCUT2D eigenvalue weighted by molar-refractivity contribution is 7.92. The molecular weight excluding hydrogens is 392 g/mol. The maximum Gasteiger partial charge on any atom is 0.338 e. The van der Waals surface area contributed by atoms with Gasteiger partial charge in [-0.05, 0) is 49.4 Å². The number of hydrogen-bond donors (Lipinski definition) is 1. The Morgan fingerprint density at radius 2 is 1.74 bits per heavy atom. The summed E-state index contributed by atoms with van der Waals surface area (Å²) in [6.45, 7) is 1.90. The molecule has 0 aliphatic carbocycles. The van der Waals surface area contributed by atoms with E-state index >= 15 is 0 Å². The van der Waals surface area contributed by atoms with Crippen LogP contribution in [0.1, 0.15) is 27.6 Å². The zero-order valence-electron chi connectivity index (χ0n) is 15.0. The fourth-order valence-corrected chi connectivity index (χ4v) is 3.46. The van der Waals surface area contributed by atoms with E-state index in [1.165, 1.54) is 47.4 Å². The van der Waals surface area contributed by atoms with Crippen molar-refractivity contribution >= 4 is 39.2 Å². The zero-order valence-corrected chi connectivity index (χ0v) is 16.6. The number of amides is 1. The molecule has 0 bridgehead atoms. The van der Waals surface area contributed by atoms with Crippen LogP contribution in [0.5, 0.6) is 0 Å². The summed E-state index contributed by atoms with van der Waals surface area (Å²) in [5, 5.41) is 0.278. The topological polar surface area (TPSA) is 92.8 Å². The molecule has 0 saturated heterocycles. The van der Waals surface area contributed by atoms with Crippen LogP contribution >= 0.6 is 11.6 Å². The zero-order chi connectivity index (χ0) is 20.2. The summed E-state index contributed by atoms with van der Waals surface area (Å²) in [5.74, 6) is -0.912. The molecule has 0 saturated carbocycles. The monoisotopic (exact) mass is 410 g/mol. The number of hydrogen-bond acceptors (Lipinski definition) is 5. The molecular formula is C18H19ClN2O5S. The first-order chi connectivity index (χ1) is 12.7. The second-order valence-electron chi connectivity index (χ2n) is 5.74. The molecule has 0 radical (unpaired) electrons. The Hall–Kier alpha value is -2.58. The SMILES string of the molecule is CCOC(=O)c1ccc(S(=O)(=O)Nc2cc(Cl)ccc2C(=O)N(C)C)cc1. The first-order valence-electron chi connectivity index (χ1n) is 7.97. The van der Waals surface area contributed by atoms with E-state index in [0.29, 0.717) is 0 Å². The van der Waals surface area contributed by atoms with Crippen LogP contribution in [0.3, 0.4) is 0 Å². The van der Waals surface area contributed by atoms with Gasteiger partial charge in [-0.15, -0.1) is 0 Å². The normalized spacial score (nSPS) is 11.0. The van der Waals surface area contributed by atoms with Crippen molar-refractivity contribution in [2.45, 2.75) is 11.8 Å². The lowest BCUT2D eigenvalue weighted by Gasteiger charge is -2.16. The van der Waals surface area contributed by atoms with Crippen molar-refractivity contribution in [1.82, 2.24) is 4.90 Å². The van der Waals surface area contributed by atoms with E-state index in [9.17, 15) is 18.0 Å². The van der Waals surface area contributed by atoms with Crippen LogP contribution in [-0.4, -0.2) is 45.9 Å². The minimum absolute atomic E-state index is 0.0654. The van der Waals surface area contributed by atoms with Crippen LogP contribution < -0.4 is 4.72 Å². The lowest BCUT2D eigenvalue weighted by atomic mass is 10.1. The molecule has 144 valence electrons. The molecule has 2 rings (SSSR count). The van der Waals surface area contributed by atoms with E-state index in [-0.39, 0.29) is 39.2 Å². The van der Waals surface area contributed by atoms with Crippen LogP contribution in [0.2, 0.25) is 5.02 Å². The minimum Gasteiger partial charge on any atom is -0.462 e. The molecule has 0 atom stereocenters. The summed E-state index contributed by atoms with van der Waals surface area (Å²) in [6, 6.07) is 9.60. The number of halogens is 1. The Kier molecular flexibility index (Phi) is 6.45. The van der Waals surface area contributed by atoms with Crippen molar-refractivity contribution in [3.05, 3.63) is 58.6 Å². The first-order valence-corrected chi connectivity index (χ1v) is 9.83. The number of benzene rings is 2. The highest BCUT2D eigenvalue weighted by atomic mass is 35.5. The van der Waals surface area contributed by atoms with Gasteiger partial charge in [0, 0.05) is 19.1 Å². The fourth-order valence-electron chi connectivity index (χ4n) is 2.22. The van der Waals surface area contributed by atoms with E-state index in [1.54, 1.807) is 21.0 Å². The van der Waals surface area contributed by atoms with Gasteiger partial charge in [-0.3, -0.25) is 9.52 Å². The van der Waals surface area contributed by atoms with Crippen LogP contribution in [-0.2, 0) is 14.8 Å². The number of nitrogens with one attached hydrogen (secondary N) is 1. The van der Waals surface area contributed by atoms with Gasteiger partial charge in [-0.25, -0.2) is 13.2 Å². The lowest BCUT2D eigenvalue weighted by Crippen LogP contribution is -2.24. The summed E-state index contributed by atoms with van der Waals surface area (Å²) >= 11 is 5.95. The second-order valence-corrected chi connectivity index (χ2v) is 7.86. The largest absolute Gasteiger partial charge is 0.462 e. The van der Waals surface area contributed by atoms with Gasteiger partial charge >= 0.3 is 5.97 Å². The average molecular weight is 411 g/mol. The predicted molar refractivity (Wildman–Crippen MR) is 103 cm³/mol. The molecule has 1 amide bonds. The Balaban J connectivity index is 2.35. The summed E-state index contributed by atoms with van der Waals surface area (Å²) < 4.78 is 32.6. The Bertz CT molecular complexity index is 956. The number of carbonyl (C=O) groups is 2. The van der Waals surface area contributed by atoms with Crippen molar-refractivity contribution < 1.29 is 22.7 Å². The number of ether oxygens (including phenoxy) is 1. The molecule has 2 aromatic carbocycles. The molecule has 0 spiro atoms. The van der Waals surface area contributed by atoms with E-state index in [2.05, 4.69) is 4.72 Å². The third kappa shape index (κ3) is 4.99. The van der Waals surface area contributed by atoms with Crippen molar-refractivity contribution in [1.29, 1.82) is 0 Å². The van der Waals surface area contributed by atoms with Crippen LogP contribution in [0.25, 0.3) is 0 Å². The van der Waals surface area contributed by atoms with Crippen molar-refractivity contribution in [2.75, 3.05) is 25.4 Å². The van der Waals surface area contributed by atoms with Gasteiger partial charge in [-0.1, -0.05) is 11.6 Å². The molecule has 0 aliphatic heterocycles. The minimum atomic E-state index is -4.00. The number of sulfonamides is 1. The van der Waals surface area contributed by atoms with Crippen LogP contribution in [0.15, 0.2) is 47.4 Å². The van der Waals surface area contributed by atoms with E-state index in [1.807, 2.05) is 0 Å². The molecule has 27 heavy (non-hydrogen) atoms. The molecule has 7 nitrogen and oxygen atoms in total. The third-order valence-corrected chi connectivity index (χ3v) is 5.15. The Morgan fingerprint density at radius 1 is 1.11 bits per heavy atom. The van der Waals surface area contributed by atoms with Crippen molar-refractivity contribution in [2.24, 2.45) is 0 Å². The van der Waals surface area contributed by atoms with Crippen molar-refractivity contribution in [3.8, 4) is 0 Å². The first kappa shape index (κ1) is 20.7. The quantitative estimate of drug-likeness (QED) is 0.739. The van der Waals surface area contributed by atoms with Crippen LogP contribution in [0.4, 0.5) is 5.69 Å². The van der Waals surface area contributed by atoms with E-state index in [4.69, 9.17) is 16.3 Å². The summed E-state index contributed by atoms with van der Waals surface area (Å²) in [7, 11) is -0.880. The second kappa shape index (κ2) is 8.41. The average Bonchev–Trinajstić information content (AvgIpc) is 2.61. The Labute approximate surface area is 162 Å². The number of nitrogens with zero attached hydrogens (tertiary/aromatic N) is 1. The molecule has 2 aromatic rings. The van der Waals surface area contributed by atoms with Gasteiger partial charge in [0.05, 0.1) is 28.3 Å². The van der Waals surface area contributed by atoms with E-state index in [0.717, 1.165) is 0 Å². The summed E-state index contributed by atoms with van der Waals surface area (Å²) in [4.78, 5) is 25.2. The van der Waals surface area contributed by atoms with Gasteiger partial charge < -0.3 is 9.64 Å². The molecule has 0 heterocycles. The number of esters is 1. The number of carbonyl (C=O) groups excluding carboxylic acids is 2. The molecule has 9 heteroatoms. The van der Waals surface area contributed by atoms with Crippen molar-refractivity contribution in [3.63, 3.8) is 0 Å². The van der Waals surface area contributed by atoms with Gasteiger partial charge in [0.2, 0.25) is 0 Å².